The van der Waals surface area contributed by atoms with Crippen LogP contribution in [0.3, 0.4) is 0 Å². The third-order valence-electron chi connectivity index (χ3n) is 3.46. The van der Waals surface area contributed by atoms with E-state index in [0.717, 1.165) is 30.1 Å². The van der Waals surface area contributed by atoms with Crippen molar-refractivity contribution in [1.29, 1.82) is 0 Å². The first-order valence-electron chi connectivity index (χ1n) is 6.60. The molecule has 0 aromatic carbocycles. The number of aryl methyl sites for hydroxylation is 1. The molecule has 1 aliphatic rings. The third kappa shape index (κ3) is 3.45. The quantitative estimate of drug-likeness (QED) is 0.641. The van der Waals surface area contributed by atoms with Crippen molar-refractivity contribution in [3.8, 4) is 0 Å². The molecule has 4 heteroatoms. The van der Waals surface area contributed by atoms with E-state index in [1.54, 1.807) is 0 Å². The predicted octanol–water partition coefficient (Wildman–Crippen LogP) is 1.94. The van der Waals surface area contributed by atoms with Gasteiger partial charge in [0.25, 0.3) is 0 Å². The highest BCUT2D eigenvalue weighted by molar-refractivity contribution is 5.78. The van der Waals surface area contributed by atoms with Crippen LogP contribution in [0.25, 0.3) is 0 Å². The van der Waals surface area contributed by atoms with Gasteiger partial charge in [-0.3, -0.25) is 4.98 Å². The number of aliphatic imine (C=N–C) groups is 1. The number of pyridine rings is 1. The summed E-state index contributed by atoms with van der Waals surface area (Å²) in [5.41, 5.74) is 8.31. The maximum absolute atomic E-state index is 6.04. The standard InChI is InChI=1S/C14H22N4/c1-11-3-5-18(6-4-11)14(15)17-10-13-7-12(2)8-16-9-13/h7-9,11H,3-6,10H2,1-2H3,(H2,15,17). The van der Waals surface area contributed by atoms with E-state index in [1.165, 1.54) is 12.8 Å². The van der Waals surface area contributed by atoms with Crippen molar-refractivity contribution < 1.29 is 0 Å². The average Bonchev–Trinajstić information content (AvgIpc) is 2.37. The lowest BCUT2D eigenvalue weighted by Gasteiger charge is -2.31. The highest BCUT2D eigenvalue weighted by Crippen LogP contribution is 2.15. The van der Waals surface area contributed by atoms with Crippen LogP contribution in [-0.2, 0) is 6.54 Å². The minimum absolute atomic E-state index is 0.618. The maximum Gasteiger partial charge on any atom is 0.191 e. The molecule has 0 unspecified atom stereocenters. The third-order valence-corrected chi connectivity index (χ3v) is 3.46. The summed E-state index contributed by atoms with van der Waals surface area (Å²) in [6.45, 7) is 7.01. The minimum atomic E-state index is 0.618. The molecular weight excluding hydrogens is 224 g/mol. The van der Waals surface area contributed by atoms with Crippen molar-refractivity contribution in [3.63, 3.8) is 0 Å². The van der Waals surface area contributed by atoms with Gasteiger partial charge >= 0.3 is 0 Å². The Hall–Kier alpha value is -1.58. The molecule has 1 saturated heterocycles. The molecule has 2 heterocycles. The number of nitrogens with zero attached hydrogens (tertiary/aromatic N) is 3. The van der Waals surface area contributed by atoms with E-state index in [-0.39, 0.29) is 0 Å². The van der Waals surface area contributed by atoms with Crippen LogP contribution >= 0.6 is 0 Å². The second-order valence-corrected chi connectivity index (χ2v) is 5.21. The molecule has 0 atom stereocenters. The van der Waals surface area contributed by atoms with E-state index in [4.69, 9.17) is 5.73 Å². The van der Waals surface area contributed by atoms with Crippen molar-refractivity contribution >= 4 is 5.96 Å². The second-order valence-electron chi connectivity index (χ2n) is 5.21. The van der Waals surface area contributed by atoms with Crippen LogP contribution in [0.1, 0.15) is 30.9 Å². The van der Waals surface area contributed by atoms with Gasteiger partial charge in [-0.25, -0.2) is 4.99 Å². The zero-order chi connectivity index (χ0) is 13.0. The van der Waals surface area contributed by atoms with E-state index in [9.17, 15) is 0 Å². The molecule has 0 radical (unpaired) electrons. The van der Waals surface area contributed by atoms with Crippen molar-refractivity contribution in [1.82, 2.24) is 9.88 Å². The van der Waals surface area contributed by atoms with E-state index in [2.05, 4.69) is 27.9 Å². The molecule has 18 heavy (non-hydrogen) atoms. The Bertz CT molecular complexity index is 420. The molecule has 4 nitrogen and oxygen atoms in total. The number of rotatable bonds is 2. The first kappa shape index (κ1) is 12.9. The Kier molecular flexibility index (Phi) is 4.18. The van der Waals surface area contributed by atoms with Gasteiger partial charge in [0, 0.05) is 25.5 Å². The molecular formula is C14H22N4. The monoisotopic (exact) mass is 246 g/mol. The van der Waals surface area contributed by atoms with Gasteiger partial charge in [0.15, 0.2) is 5.96 Å². The van der Waals surface area contributed by atoms with Gasteiger partial charge in [-0.15, -0.1) is 0 Å². The number of hydrogen-bond acceptors (Lipinski definition) is 2. The summed E-state index contributed by atoms with van der Waals surface area (Å²) in [5.74, 6) is 1.48. The van der Waals surface area contributed by atoms with Gasteiger partial charge < -0.3 is 10.6 Å². The summed E-state index contributed by atoms with van der Waals surface area (Å²) in [5, 5.41) is 0. The highest BCUT2D eigenvalue weighted by atomic mass is 15.3. The van der Waals surface area contributed by atoms with Crippen molar-refractivity contribution in [3.05, 3.63) is 29.6 Å². The number of piperidine rings is 1. The van der Waals surface area contributed by atoms with E-state index < -0.39 is 0 Å². The fraction of sp³-hybridized carbons (Fsp3) is 0.571. The van der Waals surface area contributed by atoms with Crippen LogP contribution in [0.15, 0.2) is 23.5 Å². The molecule has 1 aromatic rings. The fourth-order valence-corrected chi connectivity index (χ4v) is 2.21. The molecule has 98 valence electrons. The maximum atomic E-state index is 6.04. The van der Waals surface area contributed by atoms with Crippen LogP contribution in [0.2, 0.25) is 0 Å². The molecule has 0 amide bonds. The van der Waals surface area contributed by atoms with Crippen molar-refractivity contribution in [2.24, 2.45) is 16.6 Å². The Morgan fingerprint density at radius 2 is 2.17 bits per heavy atom. The summed E-state index contributed by atoms with van der Waals surface area (Å²) in [4.78, 5) is 10.8. The Morgan fingerprint density at radius 1 is 1.44 bits per heavy atom. The first-order chi connectivity index (χ1) is 8.65. The highest BCUT2D eigenvalue weighted by Gasteiger charge is 2.16. The fourth-order valence-electron chi connectivity index (χ4n) is 2.21. The number of guanidine groups is 1. The predicted molar refractivity (Wildman–Crippen MR) is 74.3 cm³/mol. The zero-order valence-corrected chi connectivity index (χ0v) is 11.3. The molecule has 0 saturated carbocycles. The summed E-state index contributed by atoms with van der Waals surface area (Å²) < 4.78 is 0. The van der Waals surface area contributed by atoms with E-state index in [1.807, 2.05) is 19.3 Å². The molecule has 0 aliphatic carbocycles. The lowest BCUT2D eigenvalue weighted by Crippen LogP contribution is -2.42. The second kappa shape index (κ2) is 5.85. The molecule has 1 fully saturated rings. The van der Waals surface area contributed by atoms with Gasteiger partial charge in [-0.1, -0.05) is 13.0 Å². The minimum Gasteiger partial charge on any atom is -0.370 e. The molecule has 1 aliphatic heterocycles. The Labute approximate surface area is 109 Å². The van der Waals surface area contributed by atoms with Gasteiger partial charge in [0.2, 0.25) is 0 Å². The van der Waals surface area contributed by atoms with E-state index in [0.29, 0.717) is 12.5 Å². The van der Waals surface area contributed by atoms with Gasteiger partial charge in [-0.05, 0) is 36.8 Å². The Morgan fingerprint density at radius 3 is 2.83 bits per heavy atom. The van der Waals surface area contributed by atoms with Gasteiger partial charge in [-0.2, -0.15) is 0 Å². The largest absolute Gasteiger partial charge is 0.370 e. The smallest absolute Gasteiger partial charge is 0.191 e. The number of hydrogen-bond donors (Lipinski definition) is 1. The zero-order valence-electron chi connectivity index (χ0n) is 11.3. The SMILES string of the molecule is Cc1cncc(CN=C(N)N2CCC(C)CC2)c1. The van der Waals surface area contributed by atoms with E-state index >= 15 is 0 Å². The van der Waals surface area contributed by atoms with Crippen molar-refractivity contribution in [2.45, 2.75) is 33.2 Å². The van der Waals surface area contributed by atoms with Crippen LogP contribution < -0.4 is 5.73 Å². The van der Waals surface area contributed by atoms with Gasteiger partial charge in [0.05, 0.1) is 6.54 Å². The van der Waals surface area contributed by atoms with Crippen molar-refractivity contribution in [2.75, 3.05) is 13.1 Å². The van der Waals surface area contributed by atoms with Gasteiger partial charge in [0.1, 0.15) is 0 Å². The molecule has 2 rings (SSSR count). The van der Waals surface area contributed by atoms with Crippen LogP contribution in [0.4, 0.5) is 0 Å². The summed E-state index contributed by atoms with van der Waals surface area (Å²) in [7, 11) is 0. The summed E-state index contributed by atoms with van der Waals surface area (Å²) >= 11 is 0. The lowest BCUT2D eigenvalue weighted by atomic mass is 10.00. The molecule has 1 aromatic heterocycles. The Balaban J connectivity index is 1.92. The van der Waals surface area contributed by atoms with Crippen LogP contribution in [0.5, 0.6) is 0 Å². The average molecular weight is 246 g/mol. The number of nitrogens with two attached hydrogens (primary N) is 1. The summed E-state index contributed by atoms with van der Waals surface area (Å²) in [6.07, 6.45) is 6.12. The number of likely N-dealkylation sites (tertiary alicyclic amines) is 1. The van der Waals surface area contributed by atoms with Crippen LogP contribution in [0, 0.1) is 12.8 Å². The molecule has 0 bridgehead atoms. The normalized spacial score (nSPS) is 18.1. The summed E-state index contributed by atoms with van der Waals surface area (Å²) in [6, 6.07) is 2.10. The molecule has 2 N–H and O–H groups in total. The lowest BCUT2D eigenvalue weighted by molar-refractivity contribution is 0.277. The first-order valence-corrected chi connectivity index (χ1v) is 6.60. The topological polar surface area (TPSA) is 54.5 Å². The number of aromatic nitrogens is 1. The van der Waals surface area contributed by atoms with Crippen LogP contribution in [-0.4, -0.2) is 28.9 Å². The molecule has 0 spiro atoms.